The molecule has 0 spiro atoms. The Balaban J connectivity index is 1.04. The van der Waals surface area contributed by atoms with E-state index >= 15 is 0 Å². The highest BCUT2D eigenvalue weighted by Gasteiger charge is 2.49. The second-order valence-corrected chi connectivity index (χ2v) is 16.9. The molecule has 1 aliphatic heterocycles. The molecule has 5 atom stereocenters. The summed E-state index contributed by atoms with van der Waals surface area (Å²) in [4.78, 5) is 0. The van der Waals surface area contributed by atoms with Crippen LogP contribution in [0.5, 0.6) is 0 Å². The van der Waals surface area contributed by atoms with Crippen LogP contribution < -0.4 is 0 Å². The number of aromatic nitrogens is 2. The maximum absolute atomic E-state index is 7.20. The Kier molecular flexibility index (Phi) is 14.2. The highest BCUT2D eigenvalue weighted by atomic mass is 35.5. The molecule has 0 aliphatic carbocycles. The molecule has 0 bridgehead atoms. The molecule has 0 N–H and O–H groups in total. The Morgan fingerprint density at radius 1 is 0.524 bits per heavy atom. The number of halogens is 1. The standard InChI is InChI=1S/C53H47ClN2O6S/c54-44-27-26-42(30-43(44)31-48-55-56-53(63-48)46-29-28-45(61-46)41-24-14-5-15-25-41)49-51(59-34-39-20-10-3-11-21-39)52(60-35-40-22-12-4-13-23-40)50(58-33-38-18-8-2-9-19-38)47(62-49)36-57-32-37-16-6-1-7-17-37/h1-30,47,49-52H,31-36H2/t47-,49+,50-,51+,52+/m1/s1. The van der Waals surface area contributed by atoms with Gasteiger partial charge in [0, 0.05) is 17.0 Å². The van der Waals surface area contributed by atoms with Crippen LogP contribution in [0.25, 0.3) is 22.1 Å². The first-order valence-corrected chi connectivity index (χ1v) is 22.3. The van der Waals surface area contributed by atoms with Gasteiger partial charge in [0.25, 0.3) is 0 Å². The fourth-order valence-corrected chi connectivity index (χ4v) is 8.77. The van der Waals surface area contributed by atoms with E-state index in [0.717, 1.165) is 49.7 Å². The van der Waals surface area contributed by atoms with Gasteiger partial charge in [-0.2, -0.15) is 0 Å². The summed E-state index contributed by atoms with van der Waals surface area (Å²) in [6, 6.07) is 60.5. The molecule has 3 heterocycles. The summed E-state index contributed by atoms with van der Waals surface area (Å²) in [5, 5.41) is 11.2. The smallest absolute Gasteiger partial charge is 0.183 e. The molecule has 10 heteroatoms. The molecule has 1 aliphatic rings. The van der Waals surface area contributed by atoms with E-state index in [1.54, 1.807) is 0 Å². The zero-order valence-electron chi connectivity index (χ0n) is 34.6. The maximum Gasteiger partial charge on any atom is 0.183 e. The Bertz CT molecular complexity index is 2610. The summed E-state index contributed by atoms with van der Waals surface area (Å²) in [7, 11) is 0. The lowest BCUT2D eigenvalue weighted by Crippen LogP contribution is -2.58. The van der Waals surface area contributed by atoms with Crippen LogP contribution in [0.3, 0.4) is 0 Å². The van der Waals surface area contributed by atoms with E-state index < -0.39 is 30.5 Å². The third-order valence-electron chi connectivity index (χ3n) is 11.0. The molecular weight excluding hydrogens is 828 g/mol. The van der Waals surface area contributed by atoms with Crippen LogP contribution in [0.2, 0.25) is 5.02 Å². The summed E-state index contributed by atoms with van der Waals surface area (Å²) in [6.45, 7) is 1.71. The molecule has 9 rings (SSSR count). The monoisotopic (exact) mass is 874 g/mol. The van der Waals surface area contributed by atoms with Gasteiger partial charge in [0.2, 0.25) is 0 Å². The summed E-state index contributed by atoms with van der Waals surface area (Å²) in [5.74, 6) is 1.44. The SMILES string of the molecule is Clc1ccc([C@@H]2O[C@H](COCc3ccccc3)[C@@H](OCc3ccccc3)[C@H](OCc3ccccc3)[C@H]2OCc2ccccc2)cc1Cc1nnc(-c2ccc(-c3ccccc3)o2)s1. The lowest BCUT2D eigenvalue weighted by molar-refractivity contribution is -0.275. The minimum absolute atomic E-state index is 0.258. The van der Waals surface area contributed by atoms with E-state index in [1.807, 2.05) is 127 Å². The molecule has 1 fully saturated rings. The third kappa shape index (κ3) is 11.1. The molecular formula is C53H47ClN2O6S. The van der Waals surface area contributed by atoms with Gasteiger partial charge in [-0.25, -0.2) is 0 Å². The normalized spacial score (nSPS) is 18.7. The number of rotatable bonds is 18. The summed E-state index contributed by atoms with van der Waals surface area (Å²) >= 11 is 8.46. The summed E-state index contributed by atoms with van der Waals surface area (Å²) < 4.78 is 40.7. The quantitative estimate of drug-likeness (QED) is 0.0843. The molecule has 0 saturated carbocycles. The first kappa shape index (κ1) is 42.5. The number of hydrogen-bond acceptors (Lipinski definition) is 9. The van der Waals surface area contributed by atoms with Gasteiger partial charge in [-0.1, -0.05) is 187 Å². The van der Waals surface area contributed by atoms with Crippen LogP contribution in [0.15, 0.2) is 186 Å². The van der Waals surface area contributed by atoms with E-state index in [0.29, 0.717) is 48.6 Å². The fraction of sp³-hybridized carbons (Fsp3) is 0.208. The predicted molar refractivity (Wildman–Crippen MR) is 246 cm³/mol. The van der Waals surface area contributed by atoms with Crippen molar-refractivity contribution in [2.45, 2.75) is 63.4 Å². The molecule has 318 valence electrons. The average molecular weight is 875 g/mol. The van der Waals surface area contributed by atoms with Crippen LogP contribution in [-0.4, -0.2) is 41.2 Å². The van der Waals surface area contributed by atoms with Crippen LogP contribution in [0.1, 0.15) is 44.5 Å². The van der Waals surface area contributed by atoms with Crippen molar-refractivity contribution in [2.24, 2.45) is 0 Å². The minimum atomic E-state index is -0.597. The van der Waals surface area contributed by atoms with Gasteiger partial charge < -0.3 is 28.1 Å². The highest BCUT2D eigenvalue weighted by Crippen LogP contribution is 2.40. The van der Waals surface area contributed by atoms with Crippen molar-refractivity contribution in [2.75, 3.05) is 6.61 Å². The molecule has 8 nitrogen and oxygen atoms in total. The van der Waals surface area contributed by atoms with Gasteiger partial charge in [-0.3, -0.25) is 0 Å². The third-order valence-corrected chi connectivity index (χ3v) is 12.3. The van der Waals surface area contributed by atoms with Gasteiger partial charge in [0.05, 0.1) is 33.0 Å². The van der Waals surface area contributed by atoms with Gasteiger partial charge in [-0.05, 0) is 51.6 Å². The first-order chi connectivity index (χ1) is 31.1. The first-order valence-electron chi connectivity index (χ1n) is 21.1. The van der Waals surface area contributed by atoms with Gasteiger partial charge >= 0.3 is 0 Å². The van der Waals surface area contributed by atoms with Crippen molar-refractivity contribution >= 4 is 22.9 Å². The molecule has 0 radical (unpaired) electrons. The molecule has 1 saturated heterocycles. The number of hydrogen-bond donors (Lipinski definition) is 0. The molecule has 2 aromatic heterocycles. The predicted octanol–water partition coefficient (Wildman–Crippen LogP) is 12.1. The van der Waals surface area contributed by atoms with E-state index in [-0.39, 0.29) is 6.61 Å². The van der Waals surface area contributed by atoms with Crippen molar-refractivity contribution in [3.63, 3.8) is 0 Å². The summed E-state index contributed by atoms with van der Waals surface area (Å²) in [6.07, 6.45) is -2.38. The molecule has 0 amide bonds. The largest absolute Gasteiger partial charge is 0.454 e. The zero-order valence-corrected chi connectivity index (χ0v) is 36.2. The second-order valence-electron chi connectivity index (χ2n) is 15.4. The Morgan fingerprint density at radius 2 is 1.05 bits per heavy atom. The van der Waals surface area contributed by atoms with Crippen molar-refractivity contribution in [1.29, 1.82) is 0 Å². The van der Waals surface area contributed by atoms with Crippen molar-refractivity contribution in [1.82, 2.24) is 10.2 Å². The molecule has 63 heavy (non-hydrogen) atoms. The Hall–Kier alpha value is -5.75. The maximum atomic E-state index is 7.20. The lowest BCUT2D eigenvalue weighted by Gasteiger charge is -2.46. The fourth-order valence-electron chi connectivity index (χ4n) is 7.76. The Labute approximate surface area is 377 Å². The summed E-state index contributed by atoms with van der Waals surface area (Å²) in [5.41, 5.74) is 6.95. The van der Waals surface area contributed by atoms with Crippen LogP contribution >= 0.6 is 22.9 Å². The number of nitrogens with zero attached hydrogens (tertiary/aromatic N) is 2. The van der Waals surface area contributed by atoms with E-state index in [4.69, 9.17) is 39.7 Å². The highest BCUT2D eigenvalue weighted by molar-refractivity contribution is 7.14. The van der Waals surface area contributed by atoms with E-state index in [9.17, 15) is 0 Å². The Morgan fingerprint density at radius 3 is 1.65 bits per heavy atom. The van der Waals surface area contributed by atoms with Crippen LogP contribution in [0, 0.1) is 0 Å². The van der Waals surface area contributed by atoms with Gasteiger partial charge in [0.1, 0.15) is 41.3 Å². The topological polar surface area (TPSA) is 85.1 Å². The number of furan rings is 1. The van der Waals surface area contributed by atoms with Crippen molar-refractivity contribution < 1.29 is 28.1 Å². The van der Waals surface area contributed by atoms with Crippen LogP contribution in [0.4, 0.5) is 0 Å². The second kappa shape index (κ2) is 21.1. The lowest BCUT2D eigenvalue weighted by atomic mass is 9.89. The van der Waals surface area contributed by atoms with E-state index in [1.165, 1.54) is 11.3 Å². The molecule has 0 unspecified atom stereocenters. The number of benzene rings is 6. The van der Waals surface area contributed by atoms with Gasteiger partial charge in [-0.15, -0.1) is 10.2 Å². The van der Waals surface area contributed by atoms with Crippen molar-refractivity contribution in [3.05, 3.63) is 225 Å². The average Bonchev–Trinajstić information content (AvgIpc) is 4.03. The zero-order chi connectivity index (χ0) is 42.6. The van der Waals surface area contributed by atoms with Gasteiger partial charge in [0.15, 0.2) is 10.8 Å². The molecule has 6 aromatic carbocycles. The van der Waals surface area contributed by atoms with Crippen LogP contribution in [-0.2, 0) is 56.5 Å². The molecule has 8 aromatic rings. The minimum Gasteiger partial charge on any atom is -0.454 e. The number of ether oxygens (including phenoxy) is 5. The van der Waals surface area contributed by atoms with E-state index in [2.05, 4.69) is 64.8 Å². The van der Waals surface area contributed by atoms with Crippen molar-refractivity contribution in [3.8, 4) is 22.1 Å².